The number of H-pyrrole nitrogens is 1. The lowest BCUT2D eigenvalue weighted by Gasteiger charge is -2.10. The fourth-order valence-corrected chi connectivity index (χ4v) is 6.79. The summed E-state index contributed by atoms with van der Waals surface area (Å²) >= 11 is 5.70. The lowest BCUT2D eigenvalue weighted by Crippen LogP contribution is -1.95. The van der Waals surface area contributed by atoms with Crippen molar-refractivity contribution in [3.63, 3.8) is 0 Å². The van der Waals surface area contributed by atoms with Gasteiger partial charge in [-0.05, 0) is 59.2 Å². The second-order valence-corrected chi connectivity index (χ2v) is 12.3. The Kier molecular flexibility index (Phi) is 10.5. The van der Waals surface area contributed by atoms with Crippen molar-refractivity contribution in [1.82, 2.24) is 24.2 Å². The van der Waals surface area contributed by atoms with Gasteiger partial charge < -0.3 is 4.74 Å². The van der Waals surface area contributed by atoms with Gasteiger partial charge in [0.2, 0.25) is 0 Å². The van der Waals surface area contributed by atoms with E-state index < -0.39 is 0 Å². The van der Waals surface area contributed by atoms with Gasteiger partial charge >= 0.3 is 0 Å². The molecule has 220 valence electrons. The quantitative estimate of drug-likeness (QED) is 0.125. The Morgan fingerprint density at radius 2 is 1.67 bits per heavy atom. The Morgan fingerprint density at radius 1 is 0.930 bits per heavy atom. The molecule has 0 aliphatic rings. The van der Waals surface area contributed by atoms with Crippen LogP contribution in [0.4, 0.5) is 0 Å². The van der Waals surface area contributed by atoms with Gasteiger partial charge in [0.1, 0.15) is 17.7 Å². The number of nitrogens with zero attached hydrogens (tertiary/aromatic N) is 4. The average Bonchev–Trinajstić information content (AvgIpc) is 3.90. The third kappa shape index (κ3) is 7.76. The maximum absolute atomic E-state index is 7.19. The number of rotatable bonds is 8. The maximum Gasteiger partial charge on any atom is 0.192 e. The number of fused-ring (bicyclic) bond motifs is 2. The van der Waals surface area contributed by atoms with Crippen LogP contribution in [-0.2, 0) is 18.0 Å². The Balaban J connectivity index is 0.000000256. The number of nitrogens with one attached hydrogen (secondary N) is 1. The molecule has 2 unspecified atom stereocenters. The third-order valence-electron chi connectivity index (χ3n) is 6.99. The van der Waals surface area contributed by atoms with Crippen molar-refractivity contribution in [1.29, 1.82) is 1.12 Å². The van der Waals surface area contributed by atoms with E-state index in [0.29, 0.717) is 19.1 Å². The smallest absolute Gasteiger partial charge is 0.192 e. The monoisotopic (exact) mass is 665 g/mol. The van der Waals surface area contributed by atoms with E-state index in [9.17, 15) is 0 Å². The topological polar surface area (TPSA) is 76.6 Å². The summed E-state index contributed by atoms with van der Waals surface area (Å²) in [6.45, 7) is 5.74. The second kappa shape index (κ2) is 15.7. The molecule has 2 atom stereocenters. The fourth-order valence-electron chi connectivity index (χ4n) is 4.50. The van der Waals surface area contributed by atoms with Gasteiger partial charge in [0.25, 0.3) is 0 Å². The standard InChI is InChI=1S/C26H24N2OS3.C6H5N3.H3PS/c1-3-17(2)19-8-6-18(7-9-19)15-29-16-20-10-13-24(31-20)22-12-11-21(23-5-4-14-30-23)25-26(22)28-32-27-25;1-2-4-6-5(3-1)7-9-8-6;1-2/h4-14,17H,3,15-16H2,1-2H3;1-4H,(H,7,8,9);2H,1H2/i;;2T/hT. The number of ether oxygens (including phenoxy) is 1. The Bertz CT molecular complexity index is 1930. The fraction of sp³-hybridized carbons (Fsp3) is 0.188. The van der Waals surface area contributed by atoms with Crippen molar-refractivity contribution in [3.8, 4) is 20.9 Å². The summed E-state index contributed by atoms with van der Waals surface area (Å²) in [4.78, 5) is 3.65. The molecular formula is C32H32N5OPS4. The zero-order valence-electron chi connectivity index (χ0n) is 25.7. The Morgan fingerprint density at radius 3 is 2.37 bits per heavy atom. The number of aromatic nitrogens is 5. The summed E-state index contributed by atoms with van der Waals surface area (Å²) in [5, 5.41) is 10.4. The predicted octanol–water partition coefficient (Wildman–Crippen LogP) is 10.0. The molecule has 3 aromatic carbocycles. The molecule has 6 nitrogen and oxygen atoms in total. The van der Waals surface area contributed by atoms with Crippen molar-refractivity contribution in [2.24, 2.45) is 0 Å². The first-order chi connectivity index (χ1) is 22.0. The molecule has 1 N–H and O–H groups in total. The lowest BCUT2D eigenvalue weighted by molar-refractivity contribution is 0.109. The van der Waals surface area contributed by atoms with Crippen molar-refractivity contribution in [2.45, 2.75) is 39.4 Å². The average molecular weight is 666 g/mol. The van der Waals surface area contributed by atoms with Crippen LogP contribution in [0.25, 0.3) is 42.9 Å². The van der Waals surface area contributed by atoms with Crippen LogP contribution in [0.3, 0.4) is 0 Å². The minimum Gasteiger partial charge on any atom is -0.371 e. The van der Waals surface area contributed by atoms with Gasteiger partial charge in [-0.1, -0.05) is 82.1 Å². The van der Waals surface area contributed by atoms with Crippen LogP contribution in [0.5, 0.6) is 0 Å². The van der Waals surface area contributed by atoms with Gasteiger partial charge in [-0.25, -0.2) is 0 Å². The summed E-state index contributed by atoms with van der Waals surface area (Å²) in [6, 6.07) is 29.1. The number of aromatic amines is 1. The van der Waals surface area contributed by atoms with Gasteiger partial charge in [-0.2, -0.15) is 20.9 Å². The summed E-state index contributed by atoms with van der Waals surface area (Å²) < 4.78 is 28.5. The van der Waals surface area contributed by atoms with Crippen LogP contribution in [0.1, 0.15) is 42.2 Å². The van der Waals surface area contributed by atoms with Crippen LogP contribution >= 0.6 is 55.0 Å². The van der Waals surface area contributed by atoms with Gasteiger partial charge in [0, 0.05) is 25.8 Å². The van der Waals surface area contributed by atoms with E-state index in [1.54, 1.807) is 22.7 Å². The van der Waals surface area contributed by atoms with Crippen molar-refractivity contribution < 1.29 is 6.15 Å². The minimum absolute atomic E-state index is 0.605. The highest BCUT2D eigenvalue weighted by Crippen LogP contribution is 2.38. The Labute approximate surface area is 273 Å². The highest BCUT2D eigenvalue weighted by molar-refractivity contribution is 8.31. The Hall–Kier alpha value is -2.98. The molecule has 0 spiro atoms. The first-order valence-corrected chi connectivity index (χ1v) is 18.0. The summed E-state index contributed by atoms with van der Waals surface area (Å²) in [6.07, 6.45) is 1.16. The molecule has 0 saturated carbocycles. The number of hydrogen-bond acceptors (Lipinski definition) is 9. The third-order valence-corrected chi connectivity index (χ3v) is 9.51. The molecular weight excluding hydrogens is 630 g/mol. The van der Waals surface area contributed by atoms with Crippen LogP contribution in [0.2, 0.25) is 1.41 Å². The number of hydrogen-bond donors (Lipinski definition) is 2. The van der Waals surface area contributed by atoms with Crippen molar-refractivity contribution >= 4 is 77.1 Å². The molecule has 11 heteroatoms. The second-order valence-electron chi connectivity index (χ2n) is 9.69. The van der Waals surface area contributed by atoms with Gasteiger partial charge in [-0.3, -0.25) is 5.09 Å². The van der Waals surface area contributed by atoms with Gasteiger partial charge in [0.15, 0.2) is 1.41 Å². The molecule has 43 heavy (non-hydrogen) atoms. The molecule has 4 heterocycles. The summed E-state index contributed by atoms with van der Waals surface area (Å²) in [5.74, 6) is 0.605. The number of thiol groups is 1. The predicted molar refractivity (Wildman–Crippen MR) is 190 cm³/mol. The van der Waals surface area contributed by atoms with E-state index in [-0.39, 0.29) is 0 Å². The first kappa shape index (κ1) is 28.8. The molecule has 0 radical (unpaired) electrons. The molecule has 7 rings (SSSR count). The van der Waals surface area contributed by atoms with Crippen LogP contribution in [0.15, 0.2) is 90.3 Å². The number of thiophene rings is 2. The normalized spacial score (nSPS) is 12.2. The van der Waals surface area contributed by atoms with Gasteiger partial charge in [-0.15, -0.1) is 27.8 Å². The molecule has 0 bridgehead atoms. The van der Waals surface area contributed by atoms with E-state index in [1.807, 2.05) is 24.3 Å². The molecule has 7 aromatic rings. The summed E-state index contributed by atoms with van der Waals surface area (Å²) in [7, 11) is 2.16. The highest BCUT2D eigenvalue weighted by atomic mass is 32.7. The van der Waals surface area contributed by atoms with Crippen molar-refractivity contribution in [2.75, 3.05) is 0 Å². The number of benzene rings is 3. The van der Waals surface area contributed by atoms with E-state index in [1.165, 1.54) is 37.5 Å². The minimum atomic E-state index is 0.605. The molecule has 0 aliphatic carbocycles. The summed E-state index contributed by atoms with van der Waals surface area (Å²) in [5.41, 5.74) is 8.39. The molecule has 0 fully saturated rings. The SMILES string of the molecule is CCC(C)c1ccc(COCc2ccc(-c3ccc(-c4cccs4)c4nsnc34)s2)cc1.[3H]SP.[3H]n1nnc2ccccc21. The molecule has 0 saturated heterocycles. The molecule has 0 amide bonds. The zero-order chi connectivity index (χ0) is 31.6. The van der Waals surface area contributed by atoms with E-state index in [0.717, 1.165) is 56.9 Å². The van der Waals surface area contributed by atoms with Crippen LogP contribution in [0, 0.1) is 0 Å². The van der Waals surface area contributed by atoms with Gasteiger partial charge in [0.05, 0.1) is 30.5 Å². The number of para-hydroxylation sites is 1. The maximum atomic E-state index is 7.19. The highest BCUT2D eigenvalue weighted by Gasteiger charge is 2.15. The molecule has 4 aromatic heterocycles. The zero-order valence-corrected chi connectivity index (χ0v) is 28.1. The largest absolute Gasteiger partial charge is 0.371 e. The lowest BCUT2D eigenvalue weighted by atomic mass is 9.98. The van der Waals surface area contributed by atoms with E-state index in [2.05, 4.69) is 107 Å². The first-order valence-electron chi connectivity index (χ1n) is 14.5. The van der Waals surface area contributed by atoms with Crippen LogP contribution in [-0.4, -0.2) is 25.3 Å². The van der Waals surface area contributed by atoms with E-state index in [4.69, 9.17) is 7.27 Å². The van der Waals surface area contributed by atoms with Crippen molar-refractivity contribution in [3.05, 3.63) is 106 Å². The van der Waals surface area contributed by atoms with E-state index >= 15 is 0 Å². The van der Waals surface area contributed by atoms with Crippen LogP contribution < -0.4 is 0 Å². The molecule has 0 aliphatic heterocycles.